The van der Waals surface area contributed by atoms with Crippen molar-refractivity contribution in [1.29, 1.82) is 0 Å². The van der Waals surface area contributed by atoms with Gasteiger partial charge in [-0.15, -0.1) is 0 Å². The second-order valence-electron chi connectivity index (χ2n) is 12.1. The molecule has 4 rings (SSSR count). The molecule has 0 spiro atoms. The first-order valence-corrected chi connectivity index (χ1v) is 18.1. The van der Waals surface area contributed by atoms with Crippen molar-refractivity contribution in [3.8, 4) is 0 Å². The standard InChI is InChI=1S/C37H42N2O5Si/c1-37(2,31-23-15-8-16-24-31)45(3,4)44-35(41)33(26-29-19-11-6-12-20-29)38-34(40)32(25-28-17-9-5-10-18-28)39-36(42)43-27-30-21-13-7-14-22-30/h5-24,32-33H,25-27H2,1-4H3,(H,38,40)(H,39,42)/t32-,33-/m0/s1. The third-order valence-electron chi connectivity index (χ3n) is 8.34. The summed E-state index contributed by atoms with van der Waals surface area (Å²) in [6.45, 7) is 8.27. The molecule has 0 unspecified atom stereocenters. The number of hydrogen-bond acceptors (Lipinski definition) is 5. The average Bonchev–Trinajstić information content (AvgIpc) is 3.04. The fourth-order valence-electron chi connectivity index (χ4n) is 4.93. The van der Waals surface area contributed by atoms with Gasteiger partial charge in [0, 0.05) is 17.9 Å². The minimum Gasteiger partial charge on any atom is -0.517 e. The number of nitrogens with one attached hydrogen (secondary N) is 2. The lowest BCUT2D eigenvalue weighted by Crippen LogP contribution is -2.57. The molecule has 7 nitrogen and oxygen atoms in total. The van der Waals surface area contributed by atoms with Crippen LogP contribution in [0.15, 0.2) is 121 Å². The lowest BCUT2D eigenvalue weighted by molar-refractivity contribution is -0.140. The Morgan fingerprint density at radius 1 is 0.644 bits per heavy atom. The molecule has 0 bridgehead atoms. The van der Waals surface area contributed by atoms with Crippen molar-refractivity contribution in [2.45, 2.75) is 63.5 Å². The molecule has 2 N–H and O–H groups in total. The minimum atomic E-state index is -2.71. The lowest BCUT2D eigenvalue weighted by atomic mass is 10.0. The summed E-state index contributed by atoms with van der Waals surface area (Å²) in [7, 11) is -2.71. The van der Waals surface area contributed by atoms with Gasteiger partial charge in [0.1, 0.15) is 18.7 Å². The van der Waals surface area contributed by atoms with E-state index in [0.29, 0.717) is 0 Å². The maximum absolute atomic E-state index is 13.9. The summed E-state index contributed by atoms with van der Waals surface area (Å²) in [5, 5.41) is 5.24. The van der Waals surface area contributed by atoms with E-state index in [0.717, 1.165) is 22.3 Å². The van der Waals surface area contributed by atoms with Crippen molar-refractivity contribution >= 4 is 26.3 Å². The van der Waals surface area contributed by atoms with E-state index in [2.05, 4.69) is 24.5 Å². The Kier molecular flexibility index (Phi) is 11.3. The number of carbonyl (C=O) groups is 3. The van der Waals surface area contributed by atoms with Crippen LogP contribution in [0, 0.1) is 0 Å². The van der Waals surface area contributed by atoms with Crippen molar-refractivity contribution in [1.82, 2.24) is 10.6 Å². The summed E-state index contributed by atoms with van der Waals surface area (Å²) in [6.07, 6.45) is -0.282. The monoisotopic (exact) mass is 622 g/mol. The van der Waals surface area contributed by atoms with Gasteiger partial charge in [0.2, 0.25) is 5.91 Å². The first kappa shape index (κ1) is 33.2. The highest BCUT2D eigenvalue weighted by Gasteiger charge is 2.46. The molecule has 0 heterocycles. The molecular weight excluding hydrogens is 581 g/mol. The van der Waals surface area contributed by atoms with Crippen LogP contribution in [-0.2, 0) is 43.2 Å². The van der Waals surface area contributed by atoms with Gasteiger partial charge in [-0.2, -0.15) is 0 Å². The van der Waals surface area contributed by atoms with E-state index in [4.69, 9.17) is 9.16 Å². The molecule has 2 amide bonds. The van der Waals surface area contributed by atoms with Gasteiger partial charge < -0.3 is 19.8 Å². The Labute approximate surface area is 267 Å². The highest BCUT2D eigenvalue weighted by Crippen LogP contribution is 2.34. The first-order chi connectivity index (χ1) is 21.5. The van der Waals surface area contributed by atoms with Crippen LogP contribution in [0.5, 0.6) is 0 Å². The zero-order valence-electron chi connectivity index (χ0n) is 26.4. The van der Waals surface area contributed by atoms with Crippen molar-refractivity contribution in [2.75, 3.05) is 0 Å². The van der Waals surface area contributed by atoms with E-state index in [-0.39, 0.29) is 19.4 Å². The molecule has 45 heavy (non-hydrogen) atoms. The number of amides is 2. The third kappa shape index (κ3) is 9.40. The zero-order valence-corrected chi connectivity index (χ0v) is 27.4. The molecule has 0 saturated carbocycles. The summed E-state index contributed by atoms with van der Waals surface area (Å²) >= 11 is 0. The molecule has 0 aliphatic heterocycles. The molecule has 0 aliphatic rings. The van der Waals surface area contributed by atoms with E-state index in [9.17, 15) is 14.4 Å². The first-order valence-electron chi connectivity index (χ1n) is 15.2. The van der Waals surface area contributed by atoms with E-state index < -0.39 is 43.4 Å². The Balaban J connectivity index is 1.54. The Morgan fingerprint density at radius 3 is 1.60 bits per heavy atom. The van der Waals surface area contributed by atoms with Crippen LogP contribution < -0.4 is 10.6 Å². The number of alkyl carbamates (subject to hydrolysis) is 1. The number of carbonyl (C=O) groups excluding carboxylic acids is 3. The molecule has 4 aromatic rings. The van der Waals surface area contributed by atoms with Crippen LogP contribution in [0.3, 0.4) is 0 Å². The Bertz CT molecular complexity index is 1530. The maximum atomic E-state index is 13.9. The predicted molar refractivity (Wildman–Crippen MR) is 179 cm³/mol. The van der Waals surface area contributed by atoms with Crippen LogP contribution >= 0.6 is 0 Å². The zero-order chi connectivity index (χ0) is 32.3. The summed E-state index contributed by atoms with van der Waals surface area (Å²) < 4.78 is 11.8. The van der Waals surface area contributed by atoms with Crippen molar-refractivity contribution < 1.29 is 23.5 Å². The fraction of sp³-hybridized carbons (Fsp3) is 0.270. The second kappa shape index (κ2) is 15.3. The average molecular weight is 623 g/mol. The van der Waals surface area contributed by atoms with Gasteiger partial charge in [-0.1, -0.05) is 135 Å². The summed E-state index contributed by atoms with van der Waals surface area (Å²) in [5.74, 6) is -1.01. The van der Waals surface area contributed by atoms with Gasteiger partial charge in [0.15, 0.2) is 0 Å². The number of benzene rings is 4. The smallest absolute Gasteiger partial charge is 0.408 e. The molecule has 0 fully saturated rings. The van der Waals surface area contributed by atoms with Crippen LogP contribution in [-0.4, -0.2) is 38.4 Å². The summed E-state index contributed by atoms with van der Waals surface area (Å²) in [4.78, 5) is 40.7. The molecule has 234 valence electrons. The number of ether oxygens (including phenoxy) is 1. The summed E-state index contributed by atoms with van der Waals surface area (Å²) in [5.41, 5.74) is 3.63. The Hall–Kier alpha value is -4.69. The van der Waals surface area contributed by atoms with Crippen molar-refractivity contribution in [3.05, 3.63) is 144 Å². The van der Waals surface area contributed by atoms with E-state index in [1.54, 1.807) is 0 Å². The molecule has 0 radical (unpaired) electrons. The number of rotatable bonds is 13. The Morgan fingerprint density at radius 2 is 1.09 bits per heavy atom. The minimum absolute atomic E-state index is 0.0617. The van der Waals surface area contributed by atoms with Gasteiger partial charge >= 0.3 is 12.1 Å². The molecule has 0 saturated heterocycles. The van der Waals surface area contributed by atoms with Crippen LogP contribution in [0.25, 0.3) is 0 Å². The van der Waals surface area contributed by atoms with Gasteiger partial charge in [-0.25, -0.2) is 4.79 Å². The SMILES string of the molecule is CC(C)(c1ccccc1)[Si](C)(C)OC(=O)[C@H](Cc1ccccc1)NC(=O)[C@H](Cc1ccccc1)NC(=O)OCc1ccccc1. The van der Waals surface area contributed by atoms with Crippen LogP contribution in [0.1, 0.15) is 36.1 Å². The lowest BCUT2D eigenvalue weighted by Gasteiger charge is -2.40. The number of hydrogen-bond donors (Lipinski definition) is 2. The van der Waals surface area contributed by atoms with Gasteiger partial charge in [0.25, 0.3) is 8.32 Å². The third-order valence-corrected chi connectivity index (χ3v) is 12.4. The van der Waals surface area contributed by atoms with Crippen LogP contribution in [0.4, 0.5) is 4.79 Å². The van der Waals surface area contributed by atoms with Crippen LogP contribution in [0.2, 0.25) is 13.1 Å². The van der Waals surface area contributed by atoms with Gasteiger partial charge in [-0.05, 0) is 35.3 Å². The molecule has 0 aliphatic carbocycles. The highest BCUT2D eigenvalue weighted by molar-refractivity contribution is 6.75. The van der Waals surface area contributed by atoms with Crippen molar-refractivity contribution in [3.63, 3.8) is 0 Å². The molecule has 4 aromatic carbocycles. The maximum Gasteiger partial charge on any atom is 0.408 e. The molecular formula is C37H42N2O5Si. The molecule has 2 atom stereocenters. The normalized spacial score (nSPS) is 12.8. The second-order valence-corrected chi connectivity index (χ2v) is 16.6. The van der Waals surface area contributed by atoms with Gasteiger partial charge in [-0.3, -0.25) is 9.59 Å². The summed E-state index contributed by atoms with van der Waals surface area (Å²) in [6, 6.07) is 36.2. The van der Waals surface area contributed by atoms with E-state index >= 15 is 0 Å². The quantitative estimate of drug-likeness (QED) is 0.166. The topological polar surface area (TPSA) is 93.7 Å². The fourth-order valence-corrected chi connectivity index (χ4v) is 6.70. The molecule has 8 heteroatoms. The van der Waals surface area contributed by atoms with E-state index in [1.165, 1.54) is 0 Å². The predicted octanol–water partition coefficient (Wildman–Crippen LogP) is 6.52. The van der Waals surface area contributed by atoms with Crippen molar-refractivity contribution in [2.24, 2.45) is 0 Å². The molecule has 0 aromatic heterocycles. The largest absolute Gasteiger partial charge is 0.517 e. The van der Waals surface area contributed by atoms with Gasteiger partial charge in [0.05, 0.1) is 0 Å². The highest BCUT2D eigenvalue weighted by atomic mass is 28.4. The van der Waals surface area contributed by atoms with E-state index in [1.807, 2.05) is 134 Å².